The van der Waals surface area contributed by atoms with E-state index in [-0.39, 0.29) is 18.5 Å². The highest BCUT2D eigenvalue weighted by Crippen LogP contribution is 2.33. The second-order valence-corrected chi connectivity index (χ2v) is 6.36. The molecule has 27 heavy (non-hydrogen) atoms. The van der Waals surface area contributed by atoms with Crippen molar-refractivity contribution in [3.8, 4) is 0 Å². The third-order valence-corrected chi connectivity index (χ3v) is 4.47. The van der Waals surface area contributed by atoms with Crippen molar-refractivity contribution in [2.24, 2.45) is 0 Å². The largest absolute Gasteiger partial charge is 0.340 e. The average molecular weight is 362 g/mol. The third-order valence-electron chi connectivity index (χ3n) is 4.47. The Hall–Kier alpha value is -3.48. The van der Waals surface area contributed by atoms with Gasteiger partial charge in [-0.1, -0.05) is 65.8 Å². The van der Waals surface area contributed by atoms with E-state index < -0.39 is 6.04 Å². The predicted molar refractivity (Wildman–Crippen MR) is 96.1 cm³/mol. The molecule has 0 bridgehead atoms. The van der Waals surface area contributed by atoms with Crippen LogP contribution in [0.15, 0.2) is 65.2 Å². The predicted octanol–water partition coefficient (Wildman–Crippen LogP) is 3.08. The summed E-state index contributed by atoms with van der Waals surface area (Å²) in [6.45, 7) is 2.00. The van der Waals surface area contributed by atoms with Gasteiger partial charge < -0.3 is 9.42 Å². The van der Waals surface area contributed by atoms with Crippen LogP contribution in [-0.2, 0) is 17.9 Å². The fourth-order valence-electron chi connectivity index (χ4n) is 3.23. The molecule has 1 aliphatic heterocycles. The van der Waals surface area contributed by atoms with Crippen LogP contribution in [-0.4, -0.2) is 31.9 Å². The van der Waals surface area contributed by atoms with Crippen LogP contribution in [0.4, 0.5) is 4.79 Å². The van der Waals surface area contributed by atoms with Crippen molar-refractivity contribution in [2.45, 2.75) is 26.1 Å². The van der Waals surface area contributed by atoms with E-state index in [9.17, 15) is 9.59 Å². The summed E-state index contributed by atoms with van der Waals surface area (Å²) < 4.78 is 4.96. The first-order chi connectivity index (χ1) is 13.1. The standard InChI is InChI=1S/C20H18N4O3/c1-14-21-17(22-27-14)13-24-19(25)18(16-10-6-3-7-11-16)23(20(24)26)12-15-8-4-2-5-9-15/h2-11,18H,12-13H2,1H3/t18-/m1/s1. The minimum Gasteiger partial charge on any atom is -0.340 e. The fourth-order valence-corrected chi connectivity index (χ4v) is 3.23. The second kappa shape index (κ2) is 7.03. The monoisotopic (exact) mass is 362 g/mol. The van der Waals surface area contributed by atoms with Gasteiger partial charge in [0.05, 0.1) is 6.54 Å². The van der Waals surface area contributed by atoms with Gasteiger partial charge in [-0.2, -0.15) is 4.98 Å². The fraction of sp³-hybridized carbons (Fsp3) is 0.200. The van der Waals surface area contributed by atoms with Gasteiger partial charge in [-0.3, -0.25) is 9.69 Å². The number of imide groups is 1. The molecule has 1 atom stereocenters. The van der Waals surface area contributed by atoms with Gasteiger partial charge >= 0.3 is 6.03 Å². The van der Waals surface area contributed by atoms with Gasteiger partial charge in [0.25, 0.3) is 5.91 Å². The van der Waals surface area contributed by atoms with Crippen molar-refractivity contribution in [2.75, 3.05) is 0 Å². The molecule has 0 unspecified atom stereocenters. The van der Waals surface area contributed by atoms with Gasteiger partial charge in [-0.05, 0) is 11.1 Å². The Balaban J connectivity index is 1.67. The van der Waals surface area contributed by atoms with Crippen molar-refractivity contribution in [1.82, 2.24) is 19.9 Å². The number of carbonyl (C=O) groups is 2. The molecule has 7 heteroatoms. The first kappa shape index (κ1) is 17.0. The Labute approximate surface area is 156 Å². The van der Waals surface area contributed by atoms with Gasteiger partial charge in [0.2, 0.25) is 5.89 Å². The number of nitrogens with zero attached hydrogens (tertiary/aromatic N) is 4. The van der Waals surface area contributed by atoms with E-state index in [0.717, 1.165) is 11.1 Å². The number of urea groups is 1. The molecule has 1 aromatic heterocycles. The lowest BCUT2D eigenvalue weighted by atomic mass is 10.1. The Kier molecular flexibility index (Phi) is 4.42. The normalized spacial score (nSPS) is 17.0. The molecule has 2 aromatic carbocycles. The van der Waals surface area contributed by atoms with Crippen LogP contribution in [0.1, 0.15) is 28.9 Å². The summed E-state index contributed by atoms with van der Waals surface area (Å²) in [6, 6.07) is 17.9. The number of hydrogen-bond donors (Lipinski definition) is 0. The molecule has 7 nitrogen and oxygen atoms in total. The van der Waals surface area contributed by atoms with Crippen LogP contribution in [0, 0.1) is 6.92 Å². The average Bonchev–Trinajstić information content (AvgIpc) is 3.20. The number of amides is 3. The van der Waals surface area contributed by atoms with Crippen molar-refractivity contribution >= 4 is 11.9 Å². The molecule has 0 spiro atoms. The minimum absolute atomic E-state index is 0.0103. The van der Waals surface area contributed by atoms with E-state index >= 15 is 0 Å². The van der Waals surface area contributed by atoms with E-state index in [1.54, 1.807) is 11.8 Å². The maximum absolute atomic E-state index is 13.1. The molecule has 136 valence electrons. The summed E-state index contributed by atoms with van der Waals surface area (Å²) in [7, 11) is 0. The van der Waals surface area contributed by atoms with E-state index in [0.29, 0.717) is 18.3 Å². The first-order valence-corrected chi connectivity index (χ1v) is 8.63. The quantitative estimate of drug-likeness (QED) is 0.652. The summed E-state index contributed by atoms with van der Waals surface area (Å²) in [5, 5.41) is 3.80. The van der Waals surface area contributed by atoms with Gasteiger partial charge in [-0.25, -0.2) is 4.79 Å². The zero-order valence-corrected chi connectivity index (χ0v) is 14.8. The highest BCUT2D eigenvalue weighted by Gasteiger charge is 2.46. The minimum atomic E-state index is -0.674. The van der Waals surface area contributed by atoms with E-state index in [4.69, 9.17) is 4.52 Å². The van der Waals surface area contributed by atoms with Crippen LogP contribution in [0.2, 0.25) is 0 Å². The second-order valence-electron chi connectivity index (χ2n) is 6.36. The molecule has 3 aromatic rings. The van der Waals surface area contributed by atoms with E-state index in [1.165, 1.54) is 4.90 Å². The molecule has 0 saturated carbocycles. The SMILES string of the molecule is Cc1nc(CN2C(=O)[C@@H](c3ccccc3)N(Cc3ccccc3)C2=O)no1. The smallest absolute Gasteiger partial charge is 0.328 e. The van der Waals surface area contributed by atoms with Gasteiger partial charge in [0, 0.05) is 13.5 Å². The van der Waals surface area contributed by atoms with Crippen molar-refractivity contribution in [3.63, 3.8) is 0 Å². The summed E-state index contributed by atoms with van der Waals surface area (Å²) in [6.07, 6.45) is 0. The molecule has 2 heterocycles. The summed E-state index contributed by atoms with van der Waals surface area (Å²) in [4.78, 5) is 33.0. The van der Waals surface area contributed by atoms with E-state index in [2.05, 4.69) is 10.1 Å². The van der Waals surface area contributed by atoms with Crippen molar-refractivity contribution in [3.05, 3.63) is 83.5 Å². The Morgan fingerprint density at radius 2 is 1.63 bits per heavy atom. The molecule has 1 aliphatic rings. The van der Waals surface area contributed by atoms with E-state index in [1.807, 2.05) is 60.7 Å². The number of hydrogen-bond acceptors (Lipinski definition) is 5. The Morgan fingerprint density at radius 3 is 2.26 bits per heavy atom. The molecule has 0 N–H and O–H groups in total. The molecule has 1 fully saturated rings. The van der Waals surface area contributed by atoms with Crippen LogP contribution < -0.4 is 0 Å². The number of aromatic nitrogens is 2. The van der Waals surface area contributed by atoms with Gasteiger partial charge in [0.15, 0.2) is 5.82 Å². The highest BCUT2D eigenvalue weighted by molar-refractivity contribution is 6.04. The number of rotatable bonds is 5. The molecule has 3 amide bonds. The molecule has 0 aliphatic carbocycles. The third kappa shape index (κ3) is 3.31. The maximum atomic E-state index is 13.1. The molecular formula is C20H18N4O3. The number of aryl methyl sites for hydroxylation is 1. The molecule has 1 saturated heterocycles. The Bertz CT molecular complexity index is 956. The first-order valence-electron chi connectivity index (χ1n) is 8.63. The molecule has 4 rings (SSSR count). The number of carbonyl (C=O) groups excluding carboxylic acids is 2. The van der Waals surface area contributed by atoms with Crippen molar-refractivity contribution < 1.29 is 14.1 Å². The zero-order chi connectivity index (χ0) is 18.8. The summed E-state index contributed by atoms with van der Waals surface area (Å²) in [5.41, 5.74) is 1.73. The molecular weight excluding hydrogens is 344 g/mol. The Morgan fingerprint density at radius 1 is 0.963 bits per heavy atom. The van der Waals surface area contributed by atoms with Crippen LogP contribution in [0.3, 0.4) is 0 Å². The van der Waals surface area contributed by atoms with Crippen molar-refractivity contribution in [1.29, 1.82) is 0 Å². The van der Waals surface area contributed by atoms with Crippen LogP contribution >= 0.6 is 0 Å². The zero-order valence-electron chi connectivity index (χ0n) is 14.8. The topological polar surface area (TPSA) is 79.5 Å². The van der Waals surface area contributed by atoms with Crippen LogP contribution in [0.5, 0.6) is 0 Å². The lowest BCUT2D eigenvalue weighted by Crippen LogP contribution is -2.32. The highest BCUT2D eigenvalue weighted by atomic mass is 16.5. The van der Waals surface area contributed by atoms with Gasteiger partial charge in [-0.15, -0.1) is 0 Å². The summed E-state index contributed by atoms with van der Waals surface area (Å²) >= 11 is 0. The summed E-state index contributed by atoms with van der Waals surface area (Å²) in [5.74, 6) is 0.414. The lowest BCUT2D eigenvalue weighted by molar-refractivity contribution is -0.129. The van der Waals surface area contributed by atoms with Gasteiger partial charge in [0.1, 0.15) is 6.04 Å². The maximum Gasteiger partial charge on any atom is 0.328 e. The van der Waals surface area contributed by atoms with Crippen LogP contribution in [0.25, 0.3) is 0 Å². The molecule has 0 radical (unpaired) electrons. The number of benzene rings is 2. The lowest BCUT2D eigenvalue weighted by Gasteiger charge is -2.22.